The fourth-order valence-corrected chi connectivity index (χ4v) is 3.08. The zero-order valence-corrected chi connectivity index (χ0v) is 16.8. The van der Waals surface area contributed by atoms with Gasteiger partial charge in [0.05, 0.1) is 10.7 Å². The lowest BCUT2D eigenvalue weighted by atomic mass is 10.1. The number of aryl methyl sites for hydroxylation is 1. The summed E-state index contributed by atoms with van der Waals surface area (Å²) < 4.78 is 5.48. The number of hydrogen-bond acceptors (Lipinski definition) is 4. The smallest absolute Gasteiger partial charge is 0.262 e. The van der Waals surface area contributed by atoms with E-state index in [1.54, 1.807) is 18.2 Å². The maximum absolute atomic E-state index is 12.7. The standard InChI is InChI=1S/C21H24ClN3O3/c1-15-3-6-17(7-4-15)28-14-20(26)23-19-13-16(5-8-18(19)22)21(27)25-11-9-24(2)10-12-25/h3-8,13H,9-12,14H2,1-2H3,(H,23,26). The number of piperazine rings is 1. The molecule has 0 bridgehead atoms. The average molecular weight is 402 g/mol. The summed E-state index contributed by atoms with van der Waals surface area (Å²) in [6, 6.07) is 12.4. The van der Waals surface area contributed by atoms with Crippen molar-refractivity contribution >= 4 is 29.1 Å². The van der Waals surface area contributed by atoms with Gasteiger partial charge < -0.3 is 19.9 Å². The summed E-state index contributed by atoms with van der Waals surface area (Å²) in [4.78, 5) is 28.9. The van der Waals surface area contributed by atoms with Crippen molar-refractivity contribution in [2.45, 2.75) is 6.92 Å². The predicted molar refractivity (Wildman–Crippen MR) is 110 cm³/mol. The molecule has 1 saturated heterocycles. The normalized spacial score (nSPS) is 14.6. The number of amides is 2. The first-order valence-corrected chi connectivity index (χ1v) is 9.57. The van der Waals surface area contributed by atoms with Crippen molar-refractivity contribution in [2.24, 2.45) is 0 Å². The molecule has 3 rings (SSSR count). The van der Waals surface area contributed by atoms with Crippen LogP contribution in [0.1, 0.15) is 15.9 Å². The molecule has 1 aliphatic rings. The molecule has 0 aliphatic carbocycles. The van der Waals surface area contributed by atoms with E-state index in [4.69, 9.17) is 16.3 Å². The summed E-state index contributed by atoms with van der Waals surface area (Å²) in [7, 11) is 2.04. The van der Waals surface area contributed by atoms with E-state index >= 15 is 0 Å². The van der Waals surface area contributed by atoms with Crippen LogP contribution in [0.5, 0.6) is 5.75 Å². The van der Waals surface area contributed by atoms with Crippen LogP contribution in [0, 0.1) is 6.92 Å². The second-order valence-electron chi connectivity index (χ2n) is 6.94. The number of hydrogen-bond donors (Lipinski definition) is 1. The van der Waals surface area contributed by atoms with Crippen molar-refractivity contribution in [3.05, 3.63) is 58.6 Å². The second kappa shape index (κ2) is 9.08. The highest BCUT2D eigenvalue weighted by molar-refractivity contribution is 6.33. The Hall–Kier alpha value is -2.57. The SMILES string of the molecule is Cc1ccc(OCC(=O)Nc2cc(C(=O)N3CCN(C)CC3)ccc2Cl)cc1. The molecular weight excluding hydrogens is 378 g/mol. The Morgan fingerprint density at radius 1 is 1.07 bits per heavy atom. The van der Waals surface area contributed by atoms with Gasteiger partial charge in [0.1, 0.15) is 5.75 Å². The van der Waals surface area contributed by atoms with Crippen molar-refractivity contribution in [2.75, 3.05) is 45.2 Å². The molecule has 148 valence electrons. The van der Waals surface area contributed by atoms with Gasteiger partial charge in [-0.3, -0.25) is 9.59 Å². The molecule has 1 fully saturated rings. The molecule has 0 aromatic heterocycles. The fraction of sp³-hybridized carbons (Fsp3) is 0.333. The zero-order chi connectivity index (χ0) is 20.1. The number of nitrogens with one attached hydrogen (secondary N) is 1. The third-order valence-corrected chi connectivity index (χ3v) is 5.00. The summed E-state index contributed by atoms with van der Waals surface area (Å²) in [5, 5.41) is 3.10. The third-order valence-electron chi connectivity index (χ3n) is 4.67. The average Bonchev–Trinajstić information content (AvgIpc) is 2.69. The number of rotatable bonds is 5. The number of anilines is 1. The van der Waals surface area contributed by atoms with Crippen LogP contribution in [-0.4, -0.2) is 61.4 Å². The lowest BCUT2D eigenvalue weighted by molar-refractivity contribution is -0.118. The number of carbonyl (C=O) groups excluding carboxylic acids is 2. The fourth-order valence-electron chi connectivity index (χ4n) is 2.92. The van der Waals surface area contributed by atoms with Crippen molar-refractivity contribution in [3.8, 4) is 5.75 Å². The van der Waals surface area contributed by atoms with Crippen LogP contribution in [-0.2, 0) is 4.79 Å². The van der Waals surface area contributed by atoms with Crippen LogP contribution in [0.3, 0.4) is 0 Å². The topological polar surface area (TPSA) is 61.9 Å². The van der Waals surface area contributed by atoms with Crippen LogP contribution in [0.25, 0.3) is 0 Å². The van der Waals surface area contributed by atoms with Crippen molar-refractivity contribution in [1.82, 2.24) is 9.80 Å². The van der Waals surface area contributed by atoms with E-state index in [-0.39, 0.29) is 18.4 Å². The molecule has 6 nitrogen and oxygen atoms in total. The Labute approximate surface area is 170 Å². The molecule has 1 aliphatic heterocycles. The van der Waals surface area contributed by atoms with Gasteiger partial charge in [-0.1, -0.05) is 29.3 Å². The van der Waals surface area contributed by atoms with Gasteiger partial charge in [0.15, 0.2) is 6.61 Å². The summed E-state index contributed by atoms with van der Waals surface area (Å²) in [5.41, 5.74) is 2.02. The van der Waals surface area contributed by atoms with Gasteiger partial charge in [0.2, 0.25) is 0 Å². The first-order valence-electron chi connectivity index (χ1n) is 9.19. The number of benzene rings is 2. The Balaban J connectivity index is 1.61. The van der Waals surface area contributed by atoms with E-state index < -0.39 is 0 Å². The number of nitrogens with zero attached hydrogens (tertiary/aromatic N) is 2. The van der Waals surface area contributed by atoms with Gasteiger partial charge in [0, 0.05) is 31.7 Å². The molecule has 0 spiro atoms. The summed E-state index contributed by atoms with van der Waals surface area (Å²) in [6.07, 6.45) is 0. The Kier molecular flexibility index (Phi) is 6.54. The van der Waals surface area contributed by atoms with Crippen LogP contribution in [0.4, 0.5) is 5.69 Å². The maximum atomic E-state index is 12.7. The number of halogens is 1. The zero-order valence-electron chi connectivity index (χ0n) is 16.1. The van der Waals surface area contributed by atoms with E-state index in [1.165, 1.54) is 0 Å². The Morgan fingerprint density at radius 2 is 1.75 bits per heavy atom. The van der Waals surface area contributed by atoms with Gasteiger partial charge in [-0.25, -0.2) is 0 Å². The lowest BCUT2D eigenvalue weighted by Crippen LogP contribution is -2.47. The van der Waals surface area contributed by atoms with Crippen LogP contribution >= 0.6 is 11.6 Å². The maximum Gasteiger partial charge on any atom is 0.262 e. The first-order chi connectivity index (χ1) is 13.4. The van der Waals surface area contributed by atoms with E-state index in [0.29, 0.717) is 35.1 Å². The van der Waals surface area contributed by atoms with Crippen LogP contribution in [0.2, 0.25) is 5.02 Å². The van der Waals surface area contributed by atoms with E-state index in [9.17, 15) is 9.59 Å². The minimum Gasteiger partial charge on any atom is -0.484 e. The molecule has 1 N–H and O–H groups in total. The third kappa shape index (κ3) is 5.24. The molecule has 0 unspecified atom stereocenters. The minimum atomic E-state index is -0.341. The van der Waals surface area contributed by atoms with Gasteiger partial charge in [-0.2, -0.15) is 0 Å². The first kappa shape index (κ1) is 20.2. The van der Waals surface area contributed by atoms with E-state index in [1.807, 2.05) is 43.1 Å². The van der Waals surface area contributed by atoms with E-state index in [2.05, 4.69) is 10.2 Å². The highest BCUT2D eigenvalue weighted by Gasteiger charge is 2.21. The molecule has 7 heteroatoms. The molecule has 1 heterocycles. The quantitative estimate of drug-likeness (QED) is 0.836. The number of carbonyl (C=O) groups is 2. The highest BCUT2D eigenvalue weighted by atomic mass is 35.5. The van der Waals surface area contributed by atoms with E-state index in [0.717, 1.165) is 18.7 Å². The van der Waals surface area contributed by atoms with Crippen molar-refractivity contribution < 1.29 is 14.3 Å². The molecule has 0 saturated carbocycles. The largest absolute Gasteiger partial charge is 0.484 e. The van der Waals surface area contributed by atoms with Gasteiger partial charge in [0.25, 0.3) is 11.8 Å². The lowest BCUT2D eigenvalue weighted by Gasteiger charge is -2.32. The van der Waals surface area contributed by atoms with Gasteiger partial charge >= 0.3 is 0 Å². The highest BCUT2D eigenvalue weighted by Crippen LogP contribution is 2.24. The predicted octanol–water partition coefficient (Wildman–Crippen LogP) is 3.05. The number of ether oxygens (including phenoxy) is 1. The monoisotopic (exact) mass is 401 g/mol. The van der Waals surface area contributed by atoms with Crippen LogP contribution < -0.4 is 10.1 Å². The Bertz CT molecular complexity index is 846. The molecule has 28 heavy (non-hydrogen) atoms. The summed E-state index contributed by atoms with van der Waals surface area (Å²) in [5.74, 6) is 0.216. The summed E-state index contributed by atoms with van der Waals surface area (Å²) >= 11 is 6.20. The van der Waals surface area contributed by atoms with Crippen molar-refractivity contribution in [3.63, 3.8) is 0 Å². The minimum absolute atomic E-state index is 0.0591. The molecule has 2 aromatic carbocycles. The second-order valence-corrected chi connectivity index (χ2v) is 7.35. The molecular formula is C21H24ClN3O3. The number of likely N-dealkylation sites (N-methyl/N-ethyl adjacent to an activating group) is 1. The summed E-state index contributed by atoms with van der Waals surface area (Å²) in [6.45, 7) is 4.90. The molecule has 0 atom stereocenters. The Morgan fingerprint density at radius 3 is 2.43 bits per heavy atom. The van der Waals surface area contributed by atoms with Gasteiger partial charge in [-0.05, 0) is 44.3 Å². The van der Waals surface area contributed by atoms with Crippen LogP contribution in [0.15, 0.2) is 42.5 Å². The van der Waals surface area contributed by atoms with Crippen molar-refractivity contribution in [1.29, 1.82) is 0 Å². The molecule has 2 aromatic rings. The molecule has 2 amide bonds. The van der Waals surface area contributed by atoms with Gasteiger partial charge in [-0.15, -0.1) is 0 Å². The molecule has 0 radical (unpaired) electrons.